The van der Waals surface area contributed by atoms with Gasteiger partial charge in [0.15, 0.2) is 0 Å². The van der Waals surface area contributed by atoms with Gasteiger partial charge in [-0.05, 0) is 43.3 Å². The summed E-state index contributed by atoms with van der Waals surface area (Å²) in [6, 6.07) is 13.0. The van der Waals surface area contributed by atoms with Crippen LogP contribution >= 0.6 is 0 Å². The van der Waals surface area contributed by atoms with Crippen molar-refractivity contribution >= 4 is 16.9 Å². The molecule has 0 spiro atoms. The maximum Gasteiger partial charge on any atom is 0.416 e. The molecule has 1 atom stereocenters. The Hall–Kier alpha value is -2.76. The summed E-state index contributed by atoms with van der Waals surface area (Å²) >= 11 is 0. The van der Waals surface area contributed by atoms with Crippen LogP contribution in [0.3, 0.4) is 0 Å². The summed E-state index contributed by atoms with van der Waals surface area (Å²) in [5.41, 5.74) is 0.0819. The van der Waals surface area contributed by atoms with E-state index in [1.165, 1.54) is 0 Å². The van der Waals surface area contributed by atoms with Gasteiger partial charge in [0.2, 0.25) is 0 Å². The van der Waals surface area contributed by atoms with E-state index in [1.54, 1.807) is 6.92 Å². The van der Waals surface area contributed by atoms with E-state index in [9.17, 15) is 18.0 Å². The number of alkyl halides is 3. The molecule has 0 fully saturated rings. The lowest BCUT2D eigenvalue weighted by atomic mass is 10.1. The van der Waals surface area contributed by atoms with Gasteiger partial charge in [-0.15, -0.1) is 0 Å². The van der Waals surface area contributed by atoms with E-state index in [0.29, 0.717) is 11.3 Å². The molecule has 1 N–H and O–H groups in total. The molecule has 0 aliphatic heterocycles. The van der Waals surface area contributed by atoms with Crippen LogP contribution < -0.4 is 5.32 Å². The summed E-state index contributed by atoms with van der Waals surface area (Å²) in [6.07, 6.45) is -4.42. The van der Waals surface area contributed by atoms with Crippen molar-refractivity contribution in [3.05, 3.63) is 71.5 Å². The number of halogens is 3. The number of fused-ring (bicyclic) bond motifs is 1. The van der Waals surface area contributed by atoms with Crippen molar-refractivity contribution < 1.29 is 22.4 Å². The van der Waals surface area contributed by atoms with Crippen LogP contribution in [-0.4, -0.2) is 5.91 Å². The van der Waals surface area contributed by atoms with E-state index in [2.05, 4.69) is 5.32 Å². The van der Waals surface area contributed by atoms with Gasteiger partial charge in [-0.2, -0.15) is 13.2 Å². The Morgan fingerprint density at radius 1 is 1.08 bits per heavy atom. The number of carbonyl (C=O) groups excluding carboxylic acids is 1. The van der Waals surface area contributed by atoms with Crippen LogP contribution in [0.5, 0.6) is 0 Å². The lowest BCUT2D eigenvalue weighted by molar-refractivity contribution is -0.137. The van der Waals surface area contributed by atoms with Gasteiger partial charge in [0.05, 0.1) is 11.6 Å². The third-order valence-electron chi connectivity index (χ3n) is 3.69. The van der Waals surface area contributed by atoms with Crippen LogP contribution in [-0.2, 0) is 6.18 Å². The zero-order valence-corrected chi connectivity index (χ0v) is 12.7. The van der Waals surface area contributed by atoms with Gasteiger partial charge in [0, 0.05) is 10.9 Å². The van der Waals surface area contributed by atoms with E-state index in [0.717, 1.165) is 29.7 Å². The zero-order valence-electron chi connectivity index (χ0n) is 12.7. The molecule has 1 aromatic heterocycles. The molecule has 0 saturated heterocycles. The first-order valence-electron chi connectivity index (χ1n) is 7.31. The van der Waals surface area contributed by atoms with Crippen LogP contribution in [0.2, 0.25) is 0 Å². The Labute approximate surface area is 136 Å². The van der Waals surface area contributed by atoms with Crippen molar-refractivity contribution in [3.63, 3.8) is 0 Å². The highest BCUT2D eigenvalue weighted by molar-refractivity contribution is 5.94. The van der Waals surface area contributed by atoms with Crippen molar-refractivity contribution in [2.24, 2.45) is 0 Å². The molecule has 24 heavy (non-hydrogen) atoms. The second-order valence-electron chi connectivity index (χ2n) is 5.46. The molecule has 3 rings (SSSR count). The van der Waals surface area contributed by atoms with E-state index in [4.69, 9.17) is 4.42 Å². The Morgan fingerprint density at radius 3 is 2.38 bits per heavy atom. The Balaban J connectivity index is 1.74. The molecule has 3 aromatic rings. The van der Waals surface area contributed by atoms with Gasteiger partial charge in [0.1, 0.15) is 11.3 Å². The van der Waals surface area contributed by atoms with Crippen LogP contribution in [0.15, 0.2) is 59.0 Å². The summed E-state index contributed by atoms with van der Waals surface area (Å²) in [5, 5.41) is 3.64. The maximum absolute atomic E-state index is 12.5. The number of hydrogen-bond donors (Lipinski definition) is 1. The Morgan fingerprint density at radius 2 is 1.75 bits per heavy atom. The van der Waals surface area contributed by atoms with E-state index in [-0.39, 0.29) is 5.56 Å². The predicted octanol–water partition coefficient (Wildman–Crippen LogP) is 4.94. The molecule has 1 heterocycles. The molecule has 1 amide bonds. The molecular weight excluding hydrogens is 319 g/mol. The fourth-order valence-corrected chi connectivity index (χ4v) is 2.38. The van der Waals surface area contributed by atoms with Crippen LogP contribution in [0, 0.1) is 0 Å². The minimum Gasteiger partial charge on any atom is -0.459 e. The first-order chi connectivity index (χ1) is 11.3. The molecule has 0 aliphatic carbocycles. The number of hydrogen-bond acceptors (Lipinski definition) is 2. The van der Waals surface area contributed by atoms with E-state index < -0.39 is 23.7 Å². The highest BCUT2D eigenvalue weighted by atomic mass is 19.4. The molecule has 2 aromatic carbocycles. The number of furan rings is 1. The van der Waals surface area contributed by atoms with Gasteiger partial charge in [0.25, 0.3) is 5.91 Å². The molecule has 0 radical (unpaired) electrons. The fourth-order valence-electron chi connectivity index (χ4n) is 2.38. The van der Waals surface area contributed by atoms with Gasteiger partial charge in [-0.25, -0.2) is 0 Å². The first-order valence-corrected chi connectivity index (χ1v) is 7.31. The topological polar surface area (TPSA) is 42.2 Å². The number of benzene rings is 2. The van der Waals surface area contributed by atoms with Crippen molar-refractivity contribution in [1.29, 1.82) is 0 Å². The van der Waals surface area contributed by atoms with Crippen molar-refractivity contribution in [2.75, 3.05) is 0 Å². The van der Waals surface area contributed by atoms with Crippen LogP contribution in [0.25, 0.3) is 11.0 Å². The SMILES string of the molecule is C[C@@H](NC(=O)c1ccc(C(F)(F)F)cc1)c1cc2ccccc2o1. The number of amides is 1. The van der Waals surface area contributed by atoms with Crippen LogP contribution in [0.4, 0.5) is 13.2 Å². The highest BCUT2D eigenvalue weighted by Crippen LogP contribution is 2.29. The molecule has 0 aliphatic rings. The number of carbonyl (C=O) groups is 1. The largest absolute Gasteiger partial charge is 0.459 e. The lowest BCUT2D eigenvalue weighted by Gasteiger charge is -2.12. The molecule has 124 valence electrons. The standard InChI is InChI=1S/C18H14F3NO2/c1-11(16-10-13-4-2-3-5-15(13)24-16)22-17(23)12-6-8-14(9-7-12)18(19,20)21/h2-11H,1H3,(H,22,23)/t11-/m1/s1. The lowest BCUT2D eigenvalue weighted by Crippen LogP contribution is -2.26. The van der Waals surface area contributed by atoms with Gasteiger partial charge >= 0.3 is 6.18 Å². The third kappa shape index (κ3) is 3.27. The van der Waals surface area contributed by atoms with Crippen molar-refractivity contribution in [3.8, 4) is 0 Å². The second-order valence-corrected chi connectivity index (χ2v) is 5.46. The summed E-state index contributed by atoms with van der Waals surface area (Å²) in [6.45, 7) is 1.75. The highest BCUT2D eigenvalue weighted by Gasteiger charge is 2.30. The molecular formula is C18H14F3NO2. The molecule has 0 saturated carbocycles. The van der Waals surface area contributed by atoms with Gasteiger partial charge in [-0.3, -0.25) is 4.79 Å². The van der Waals surface area contributed by atoms with E-state index in [1.807, 2.05) is 30.3 Å². The van der Waals surface area contributed by atoms with E-state index >= 15 is 0 Å². The molecule has 0 unspecified atom stereocenters. The quantitative estimate of drug-likeness (QED) is 0.737. The van der Waals surface area contributed by atoms with Crippen molar-refractivity contribution in [1.82, 2.24) is 5.32 Å². The minimum atomic E-state index is -4.42. The summed E-state index contributed by atoms with van der Waals surface area (Å²) in [7, 11) is 0. The van der Waals surface area contributed by atoms with Gasteiger partial charge in [-0.1, -0.05) is 18.2 Å². The monoisotopic (exact) mass is 333 g/mol. The summed E-state index contributed by atoms with van der Waals surface area (Å²) in [4.78, 5) is 12.2. The fraction of sp³-hybridized carbons (Fsp3) is 0.167. The number of para-hydroxylation sites is 1. The number of rotatable bonds is 3. The summed E-state index contributed by atoms with van der Waals surface area (Å²) in [5.74, 6) is 0.119. The summed E-state index contributed by atoms with van der Waals surface area (Å²) < 4.78 is 43.3. The van der Waals surface area contributed by atoms with Crippen LogP contribution in [0.1, 0.15) is 34.6 Å². The zero-order chi connectivity index (χ0) is 17.3. The third-order valence-corrected chi connectivity index (χ3v) is 3.69. The Kier molecular flexibility index (Phi) is 4.05. The normalized spacial score (nSPS) is 13.0. The minimum absolute atomic E-state index is 0.158. The number of nitrogens with one attached hydrogen (secondary N) is 1. The maximum atomic E-state index is 12.5. The predicted molar refractivity (Wildman–Crippen MR) is 83.5 cm³/mol. The molecule has 3 nitrogen and oxygen atoms in total. The average molecular weight is 333 g/mol. The molecule has 6 heteroatoms. The molecule has 0 bridgehead atoms. The van der Waals surface area contributed by atoms with Gasteiger partial charge < -0.3 is 9.73 Å². The Bertz CT molecular complexity index is 833. The second kappa shape index (κ2) is 6.03. The first kappa shape index (κ1) is 16.1. The van der Waals surface area contributed by atoms with Crippen molar-refractivity contribution in [2.45, 2.75) is 19.1 Å². The smallest absolute Gasteiger partial charge is 0.416 e. The average Bonchev–Trinajstić information content (AvgIpc) is 2.98.